The summed E-state index contributed by atoms with van der Waals surface area (Å²) in [5.41, 5.74) is -0.571. The Morgan fingerprint density at radius 3 is 2.43 bits per heavy atom. The Hall–Kier alpha value is -1.76. The molecule has 1 atom stereocenters. The van der Waals surface area contributed by atoms with E-state index in [0.717, 1.165) is 0 Å². The normalized spacial score (nSPS) is 24.1. The molecule has 21 heavy (non-hydrogen) atoms. The molecule has 2 rings (SSSR count). The molecule has 0 amide bonds. The van der Waals surface area contributed by atoms with Gasteiger partial charge in [-0.15, -0.1) is 0 Å². The number of hydrogen-bond acceptors (Lipinski definition) is 6. The second-order valence-corrected chi connectivity index (χ2v) is 7.31. The molecule has 0 saturated carbocycles. The molecule has 0 aromatic heterocycles. The first-order valence-electron chi connectivity index (χ1n) is 6.62. The number of sulfone groups is 1. The maximum absolute atomic E-state index is 12.1. The highest BCUT2D eigenvalue weighted by Gasteiger charge is 2.46. The summed E-state index contributed by atoms with van der Waals surface area (Å²) in [6.45, 7) is 0. The molecule has 7 heteroatoms. The molecule has 1 saturated heterocycles. The van der Waals surface area contributed by atoms with Crippen LogP contribution in [0.4, 0.5) is 5.69 Å². The Kier molecular flexibility index (Phi) is 4.41. The lowest BCUT2D eigenvalue weighted by Gasteiger charge is -2.35. The van der Waals surface area contributed by atoms with Gasteiger partial charge in [0.1, 0.15) is 11.3 Å². The number of hydrogen-bond donors (Lipinski definition) is 1. The number of carbonyl (C=O) groups is 1. The third-order valence-corrected chi connectivity index (χ3v) is 5.42. The molecule has 1 aliphatic heterocycles. The largest absolute Gasteiger partial charge is 0.497 e. The number of esters is 1. The molecular weight excluding hydrogens is 294 g/mol. The van der Waals surface area contributed by atoms with E-state index >= 15 is 0 Å². The van der Waals surface area contributed by atoms with E-state index in [4.69, 9.17) is 9.47 Å². The number of nitrogens with one attached hydrogen (secondary N) is 1. The summed E-state index contributed by atoms with van der Waals surface area (Å²) in [5.74, 6) is -0.0140. The number of benzene rings is 1. The zero-order chi connectivity index (χ0) is 15.5. The molecule has 0 bridgehead atoms. The number of rotatable bonds is 4. The van der Waals surface area contributed by atoms with E-state index in [-0.39, 0.29) is 11.5 Å². The second-order valence-electron chi connectivity index (χ2n) is 5.12. The van der Waals surface area contributed by atoms with Crippen LogP contribution in [0.25, 0.3) is 0 Å². The average molecular weight is 313 g/mol. The summed E-state index contributed by atoms with van der Waals surface area (Å²) >= 11 is 0. The molecule has 0 aliphatic carbocycles. The minimum atomic E-state index is -3.27. The zero-order valence-electron chi connectivity index (χ0n) is 12.1. The van der Waals surface area contributed by atoms with Crippen LogP contribution in [0, 0.1) is 0 Å². The lowest BCUT2D eigenvalue weighted by Crippen LogP contribution is -2.55. The average Bonchev–Trinajstić information content (AvgIpc) is 2.46. The van der Waals surface area contributed by atoms with Crippen LogP contribution in [0.2, 0.25) is 0 Å². The van der Waals surface area contributed by atoms with Crippen LogP contribution in [0.5, 0.6) is 5.75 Å². The predicted molar refractivity (Wildman–Crippen MR) is 79.3 cm³/mol. The summed E-state index contributed by atoms with van der Waals surface area (Å²) in [6.07, 6.45) is 0.853. The third-order valence-electron chi connectivity index (χ3n) is 3.57. The van der Waals surface area contributed by atoms with Gasteiger partial charge < -0.3 is 14.8 Å². The van der Waals surface area contributed by atoms with E-state index in [1.54, 1.807) is 31.4 Å². The zero-order valence-corrected chi connectivity index (χ0v) is 12.9. The Morgan fingerprint density at radius 1 is 1.24 bits per heavy atom. The minimum absolute atomic E-state index is 0.107. The van der Waals surface area contributed by atoms with Crippen molar-refractivity contribution >= 4 is 21.5 Å². The number of ether oxygens (including phenoxy) is 2. The van der Waals surface area contributed by atoms with Gasteiger partial charge in [-0.2, -0.15) is 0 Å². The molecule has 1 aromatic carbocycles. The smallest absolute Gasteiger partial charge is 0.332 e. The lowest BCUT2D eigenvalue weighted by molar-refractivity contribution is -0.145. The van der Waals surface area contributed by atoms with Crippen LogP contribution in [0.15, 0.2) is 24.3 Å². The Labute approximate surface area is 124 Å². The minimum Gasteiger partial charge on any atom is -0.497 e. The SMILES string of the molecule is COC(=O)C1(Nc2ccc(OC)cc2)CCCS(=O)(=O)C1. The van der Waals surface area contributed by atoms with Crippen molar-refractivity contribution in [1.82, 2.24) is 0 Å². The van der Waals surface area contributed by atoms with Gasteiger partial charge in [0.15, 0.2) is 9.84 Å². The van der Waals surface area contributed by atoms with Gasteiger partial charge in [-0.1, -0.05) is 0 Å². The van der Waals surface area contributed by atoms with E-state index in [1.807, 2.05) is 0 Å². The van der Waals surface area contributed by atoms with E-state index in [2.05, 4.69) is 5.32 Å². The van der Waals surface area contributed by atoms with Crippen LogP contribution in [-0.4, -0.2) is 45.7 Å². The van der Waals surface area contributed by atoms with Crippen molar-refractivity contribution in [3.8, 4) is 5.75 Å². The number of carbonyl (C=O) groups excluding carboxylic acids is 1. The molecule has 1 fully saturated rings. The lowest BCUT2D eigenvalue weighted by atomic mass is 9.95. The summed E-state index contributed by atoms with van der Waals surface area (Å²) in [7, 11) is -0.440. The van der Waals surface area contributed by atoms with Gasteiger partial charge >= 0.3 is 5.97 Å². The first kappa shape index (κ1) is 15.6. The quantitative estimate of drug-likeness (QED) is 0.842. The van der Waals surface area contributed by atoms with Crippen LogP contribution >= 0.6 is 0 Å². The van der Waals surface area contributed by atoms with Gasteiger partial charge in [-0.05, 0) is 37.1 Å². The van der Waals surface area contributed by atoms with Crippen LogP contribution in [0.3, 0.4) is 0 Å². The Balaban J connectivity index is 2.29. The molecule has 116 valence electrons. The monoisotopic (exact) mass is 313 g/mol. The van der Waals surface area contributed by atoms with Gasteiger partial charge in [0.2, 0.25) is 0 Å². The molecule has 6 nitrogen and oxygen atoms in total. The van der Waals surface area contributed by atoms with E-state index in [0.29, 0.717) is 24.3 Å². The second kappa shape index (κ2) is 5.93. The van der Waals surface area contributed by atoms with Gasteiger partial charge in [-0.3, -0.25) is 0 Å². The number of anilines is 1. The van der Waals surface area contributed by atoms with Crippen molar-refractivity contribution < 1.29 is 22.7 Å². The highest BCUT2D eigenvalue weighted by Crippen LogP contribution is 2.29. The summed E-state index contributed by atoms with van der Waals surface area (Å²) in [6, 6.07) is 6.96. The molecule has 1 aromatic rings. The van der Waals surface area contributed by atoms with Crippen LogP contribution in [-0.2, 0) is 19.4 Å². The maximum atomic E-state index is 12.1. The van der Waals surface area contributed by atoms with Crippen molar-refractivity contribution in [2.45, 2.75) is 18.4 Å². The number of methoxy groups -OCH3 is 2. The van der Waals surface area contributed by atoms with Crippen molar-refractivity contribution in [1.29, 1.82) is 0 Å². The summed E-state index contributed by atoms with van der Waals surface area (Å²) < 4.78 is 33.7. The highest BCUT2D eigenvalue weighted by atomic mass is 32.2. The fourth-order valence-corrected chi connectivity index (χ4v) is 4.38. The van der Waals surface area contributed by atoms with Crippen molar-refractivity contribution in [3.05, 3.63) is 24.3 Å². The Morgan fingerprint density at radius 2 is 1.90 bits per heavy atom. The van der Waals surface area contributed by atoms with E-state index < -0.39 is 21.3 Å². The summed E-state index contributed by atoms with van der Waals surface area (Å²) in [4.78, 5) is 12.1. The molecule has 1 heterocycles. The van der Waals surface area contributed by atoms with Crippen LogP contribution < -0.4 is 10.1 Å². The van der Waals surface area contributed by atoms with Gasteiger partial charge in [-0.25, -0.2) is 13.2 Å². The molecule has 1 aliphatic rings. The van der Waals surface area contributed by atoms with E-state index in [9.17, 15) is 13.2 Å². The summed E-state index contributed by atoms with van der Waals surface area (Å²) in [5, 5.41) is 3.04. The standard InChI is InChI=1S/C14H19NO5S/c1-19-12-6-4-11(5-7-12)15-14(13(16)20-2)8-3-9-21(17,18)10-14/h4-7,15H,3,8-10H2,1-2H3. The topological polar surface area (TPSA) is 81.7 Å². The van der Waals surface area contributed by atoms with Crippen LogP contribution in [0.1, 0.15) is 12.8 Å². The fourth-order valence-electron chi connectivity index (χ4n) is 2.57. The fraction of sp³-hybridized carbons (Fsp3) is 0.500. The van der Waals surface area contributed by atoms with Crippen molar-refractivity contribution in [2.24, 2.45) is 0 Å². The molecule has 0 radical (unpaired) electrons. The molecule has 1 unspecified atom stereocenters. The van der Waals surface area contributed by atoms with Gasteiger partial charge in [0, 0.05) is 5.69 Å². The van der Waals surface area contributed by atoms with Gasteiger partial charge in [0.25, 0.3) is 0 Å². The highest BCUT2D eigenvalue weighted by molar-refractivity contribution is 7.91. The van der Waals surface area contributed by atoms with Crippen molar-refractivity contribution in [2.75, 3.05) is 31.0 Å². The molecule has 0 spiro atoms. The predicted octanol–water partition coefficient (Wildman–Crippen LogP) is 1.23. The molecule has 1 N–H and O–H groups in total. The first-order valence-corrected chi connectivity index (χ1v) is 8.44. The Bertz CT molecular complexity index is 611. The van der Waals surface area contributed by atoms with Crippen molar-refractivity contribution in [3.63, 3.8) is 0 Å². The first-order chi connectivity index (χ1) is 9.91. The van der Waals surface area contributed by atoms with Gasteiger partial charge in [0.05, 0.1) is 25.7 Å². The molecular formula is C14H19NO5S. The third kappa shape index (κ3) is 3.47. The maximum Gasteiger partial charge on any atom is 0.332 e. The van der Waals surface area contributed by atoms with E-state index in [1.165, 1.54) is 7.11 Å².